The van der Waals surface area contributed by atoms with Crippen molar-refractivity contribution in [2.24, 2.45) is 5.73 Å². The van der Waals surface area contributed by atoms with Gasteiger partial charge in [0.1, 0.15) is 11.6 Å². The summed E-state index contributed by atoms with van der Waals surface area (Å²) in [6.07, 6.45) is 0.0578. The van der Waals surface area contributed by atoms with Crippen LogP contribution in [0, 0.1) is 5.82 Å². The van der Waals surface area contributed by atoms with Crippen LogP contribution in [0.4, 0.5) is 15.8 Å². The SMILES string of the molecule is CC(C)Oc1ccccc1Nc1ccc(CN)cc1F. The predicted molar refractivity (Wildman–Crippen MR) is 79.8 cm³/mol. The van der Waals surface area contributed by atoms with E-state index in [-0.39, 0.29) is 11.9 Å². The van der Waals surface area contributed by atoms with Crippen molar-refractivity contribution in [3.05, 3.63) is 53.8 Å². The van der Waals surface area contributed by atoms with E-state index in [1.165, 1.54) is 6.07 Å². The monoisotopic (exact) mass is 274 g/mol. The standard InChI is InChI=1S/C16H19FN2O/c1-11(2)20-16-6-4-3-5-15(16)19-14-8-7-12(10-18)9-13(14)17/h3-9,11,19H,10,18H2,1-2H3. The molecule has 0 aliphatic carbocycles. The lowest BCUT2D eigenvalue weighted by molar-refractivity contribution is 0.244. The molecular formula is C16H19FN2O. The lowest BCUT2D eigenvalue weighted by atomic mass is 10.2. The molecule has 0 unspecified atom stereocenters. The molecule has 20 heavy (non-hydrogen) atoms. The number of halogens is 1. The van der Waals surface area contributed by atoms with Crippen LogP contribution in [0.25, 0.3) is 0 Å². The zero-order valence-corrected chi connectivity index (χ0v) is 11.7. The molecule has 106 valence electrons. The smallest absolute Gasteiger partial charge is 0.146 e. The Balaban J connectivity index is 2.26. The Morgan fingerprint density at radius 2 is 1.90 bits per heavy atom. The zero-order chi connectivity index (χ0) is 14.5. The van der Waals surface area contributed by atoms with Crippen molar-refractivity contribution >= 4 is 11.4 Å². The van der Waals surface area contributed by atoms with Gasteiger partial charge in [-0.1, -0.05) is 18.2 Å². The van der Waals surface area contributed by atoms with Gasteiger partial charge >= 0.3 is 0 Å². The molecule has 0 bridgehead atoms. The molecule has 2 aromatic rings. The minimum absolute atomic E-state index is 0.0578. The molecule has 0 aliphatic heterocycles. The molecule has 0 radical (unpaired) electrons. The van der Waals surface area contributed by atoms with Gasteiger partial charge in [-0.15, -0.1) is 0 Å². The first-order valence-corrected chi connectivity index (χ1v) is 6.61. The van der Waals surface area contributed by atoms with Gasteiger partial charge in [0.25, 0.3) is 0 Å². The summed E-state index contributed by atoms with van der Waals surface area (Å²) in [5.41, 5.74) is 7.40. The second-order valence-electron chi connectivity index (χ2n) is 4.81. The Hall–Kier alpha value is -2.07. The van der Waals surface area contributed by atoms with E-state index >= 15 is 0 Å². The van der Waals surface area contributed by atoms with Crippen molar-refractivity contribution in [2.45, 2.75) is 26.5 Å². The average molecular weight is 274 g/mol. The van der Waals surface area contributed by atoms with E-state index in [4.69, 9.17) is 10.5 Å². The van der Waals surface area contributed by atoms with Crippen LogP contribution in [0.3, 0.4) is 0 Å². The fourth-order valence-electron chi connectivity index (χ4n) is 1.86. The molecule has 0 atom stereocenters. The maximum absolute atomic E-state index is 14.0. The minimum atomic E-state index is -0.327. The van der Waals surface area contributed by atoms with Crippen LogP contribution in [-0.2, 0) is 6.54 Å². The van der Waals surface area contributed by atoms with E-state index in [0.29, 0.717) is 18.0 Å². The van der Waals surface area contributed by atoms with Gasteiger partial charge in [0.2, 0.25) is 0 Å². The molecular weight excluding hydrogens is 255 g/mol. The van der Waals surface area contributed by atoms with E-state index < -0.39 is 0 Å². The number of nitrogens with two attached hydrogens (primary N) is 1. The topological polar surface area (TPSA) is 47.3 Å². The van der Waals surface area contributed by atoms with Crippen LogP contribution in [-0.4, -0.2) is 6.10 Å². The number of hydrogen-bond donors (Lipinski definition) is 2. The van der Waals surface area contributed by atoms with E-state index in [0.717, 1.165) is 11.3 Å². The van der Waals surface area contributed by atoms with Gasteiger partial charge in [0, 0.05) is 6.54 Å². The quantitative estimate of drug-likeness (QED) is 0.871. The molecule has 0 saturated heterocycles. The highest BCUT2D eigenvalue weighted by Crippen LogP contribution is 2.29. The highest BCUT2D eigenvalue weighted by molar-refractivity contribution is 5.66. The maximum atomic E-state index is 14.0. The second kappa shape index (κ2) is 6.39. The minimum Gasteiger partial charge on any atom is -0.489 e. The molecule has 2 rings (SSSR count). The lowest BCUT2D eigenvalue weighted by Gasteiger charge is -2.16. The first kappa shape index (κ1) is 14.3. The molecule has 3 N–H and O–H groups in total. The van der Waals surface area contributed by atoms with Gasteiger partial charge in [0.05, 0.1) is 17.5 Å². The number of ether oxygens (including phenoxy) is 1. The highest BCUT2D eigenvalue weighted by atomic mass is 19.1. The Kier molecular flexibility index (Phi) is 4.58. The molecule has 0 saturated carbocycles. The number of rotatable bonds is 5. The summed E-state index contributed by atoms with van der Waals surface area (Å²) in [7, 11) is 0. The van der Waals surface area contributed by atoms with Crippen molar-refractivity contribution in [3.63, 3.8) is 0 Å². The summed E-state index contributed by atoms with van der Waals surface area (Å²) in [6.45, 7) is 4.23. The number of benzene rings is 2. The summed E-state index contributed by atoms with van der Waals surface area (Å²) in [4.78, 5) is 0. The van der Waals surface area contributed by atoms with E-state index in [2.05, 4.69) is 5.32 Å². The number of anilines is 2. The summed E-state index contributed by atoms with van der Waals surface area (Å²) in [6, 6.07) is 12.4. The van der Waals surface area contributed by atoms with Gasteiger partial charge in [-0.2, -0.15) is 0 Å². The van der Waals surface area contributed by atoms with Crippen LogP contribution in [0.5, 0.6) is 5.75 Å². The van der Waals surface area contributed by atoms with Crippen LogP contribution in [0.2, 0.25) is 0 Å². The first-order chi connectivity index (χ1) is 9.60. The van der Waals surface area contributed by atoms with Crippen molar-refractivity contribution in [1.29, 1.82) is 0 Å². The Morgan fingerprint density at radius 3 is 2.55 bits per heavy atom. The maximum Gasteiger partial charge on any atom is 0.146 e. The second-order valence-corrected chi connectivity index (χ2v) is 4.81. The van der Waals surface area contributed by atoms with Crippen molar-refractivity contribution in [3.8, 4) is 5.75 Å². The molecule has 0 spiro atoms. The third-order valence-electron chi connectivity index (χ3n) is 2.79. The van der Waals surface area contributed by atoms with Crippen molar-refractivity contribution in [1.82, 2.24) is 0 Å². The lowest BCUT2D eigenvalue weighted by Crippen LogP contribution is -2.07. The summed E-state index contributed by atoms with van der Waals surface area (Å²) < 4.78 is 19.7. The molecule has 4 heteroatoms. The molecule has 0 fully saturated rings. The Bertz CT molecular complexity index is 584. The molecule has 0 amide bonds. The van der Waals surface area contributed by atoms with E-state index in [9.17, 15) is 4.39 Å². The van der Waals surface area contributed by atoms with Crippen molar-refractivity contribution in [2.75, 3.05) is 5.32 Å². The van der Waals surface area contributed by atoms with Gasteiger partial charge in [-0.05, 0) is 43.7 Å². The largest absolute Gasteiger partial charge is 0.489 e. The average Bonchev–Trinajstić information content (AvgIpc) is 2.42. The Labute approximate surface area is 118 Å². The van der Waals surface area contributed by atoms with E-state index in [1.54, 1.807) is 12.1 Å². The summed E-state index contributed by atoms with van der Waals surface area (Å²) >= 11 is 0. The van der Waals surface area contributed by atoms with Gasteiger partial charge < -0.3 is 15.8 Å². The third-order valence-corrected chi connectivity index (χ3v) is 2.79. The predicted octanol–water partition coefficient (Wildman–Crippen LogP) is 3.82. The summed E-state index contributed by atoms with van der Waals surface area (Å²) in [5.74, 6) is 0.372. The third kappa shape index (κ3) is 3.48. The van der Waals surface area contributed by atoms with Gasteiger partial charge in [-0.25, -0.2) is 4.39 Å². The number of hydrogen-bond acceptors (Lipinski definition) is 3. The zero-order valence-electron chi connectivity index (χ0n) is 11.7. The summed E-state index contributed by atoms with van der Waals surface area (Å²) in [5, 5.41) is 3.06. The Morgan fingerprint density at radius 1 is 1.15 bits per heavy atom. The number of nitrogens with one attached hydrogen (secondary N) is 1. The van der Waals surface area contributed by atoms with Crippen LogP contribution in [0.15, 0.2) is 42.5 Å². The van der Waals surface area contributed by atoms with Crippen LogP contribution >= 0.6 is 0 Å². The molecule has 2 aromatic carbocycles. The van der Waals surface area contributed by atoms with Crippen LogP contribution < -0.4 is 15.8 Å². The fourth-order valence-corrected chi connectivity index (χ4v) is 1.86. The normalized spacial score (nSPS) is 10.7. The van der Waals surface area contributed by atoms with Gasteiger partial charge in [-0.3, -0.25) is 0 Å². The van der Waals surface area contributed by atoms with Gasteiger partial charge in [0.15, 0.2) is 0 Å². The van der Waals surface area contributed by atoms with Crippen molar-refractivity contribution < 1.29 is 9.13 Å². The van der Waals surface area contributed by atoms with E-state index in [1.807, 2.05) is 38.1 Å². The highest BCUT2D eigenvalue weighted by Gasteiger charge is 2.08. The number of para-hydroxylation sites is 2. The molecule has 0 aromatic heterocycles. The van der Waals surface area contributed by atoms with Crippen LogP contribution in [0.1, 0.15) is 19.4 Å². The molecule has 0 heterocycles. The first-order valence-electron chi connectivity index (χ1n) is 6.61. The molecule has 0 aliphatic rings. The molecule has 3 nitrogen and oxygen atoms in total. The fraction of sp³-hybridized carbons (Fsp3) is 0.250.